The third kappa shape index (κ3) is 5.15. The molecule has 0 radical (unpaired) electrons. The third-order valence-corrected chi connectivity index (χ3v) is 5.94. The number of benzene rings is 2. The van der Waals surface area contributed by atoms with Gasteiger partial charge in [-0.05, 0) is 61.4 Å². The molecule has 5 rings (SSSR count). The Labute approximate surface area is 204 Å². The molecule has 1 atom stereocenters. The quantitative estimate of drug-likeness (QED) is 0.399. The van der Waals surface area contributed by atoms with E-state index in [9.17, 15) is 0 Å². The van der Waals surface area contributed by atoms with Crippen LogP contribution in [0.2, 0.25) is 0 Å². The largest absolute Gasteiger partial charge is 0.497 e. The Morgan fingerprint density at radius 1 is 0.971 bits per heavy atom. The molecule has 1 unspecified atom stereocenters. The monoisotopic (exact) mass is 465 g/mol. The van der Waals surface area contributed by atoms with Gasteiger partial charge in [0, 0.05) is 17.7 Å². The number of methoxy groups -OCH3 is 1. The molecule has 0 spiro atoms. The van der Waals surface area contributed by atoms with Crippen LogP contribution >= 0.6 is 0 Å². The fraction of sp³-hybridized carbons (Fsp3) is 0.179. The summed E-state index contributed by atoms with van der Waals surface area (Å²) >= 11 is 0. The molecule has 1 aliphatic rings. The first kappa shape index (κ1) is 22.6. The molecule has 0 fully saturated rings. The molecule has 0 bridgehead atoms. The maximum atomic E-state index is 6.88. The topological polar surface area (TPSA) is 95.2 Å². The van der Waals surface area contributed by atoms with Crippen molar-refractivity contribution in [2.24, 2.45) is 5.73 Å². The summed E-state index contributed by atoms with van der Waals surface area (Å²) in [5, 5.41) is 4.31. The summed E-state index contributed by atoms with van der Waals surface area (Å²) in [6, 6.07) is 21.6. The van der Waals surface area contributed by atoms with E-state index in [-0.39, 0.29) is 0 Å². The zero-order valence-electron chi connectivity index (χ0n) is 19.7. The van der Waals surface area contributed by atoms with Gasteiger partial charge in [0.1, 0.15) is 29.4 Å². The summed E-state index contributed by atoms with van der Waals surface area (Å²) in [5.74, 6) is 2.80. The molecule has 2 aromatic heterocycles. The molecule has 0 amide bonds. The van der Waals surface area contributed by atoms with Crippen LogP contribution in [0.15, 0.2) is 96.7 Å². The molecule has 0 aliphatic heterocycles. The van der Waals surface area contributed by atoms with E-state index in [2.05, 4.69) is 32.4 Å². The number of nitrogens with two attached hydrogens (primary N) is 1. The smallest absolute Gasteiger partial charge is 0.164 e. The van der Waals surface area contributed by atoms with Gasteiger partial charge in [-0.15, -0.1) is 0 Å². The van der Waals surface area contributed by atoms with Crippen LogP contribution in [-0.2, 0) is 6.42 Å². The second-order valence-electron chi connectivity index (χ2n) is 8.70. The van der Waals surface area contributed by atoms with Crippen molar-refractivity contribution in [3.8, 4) is 11.5 Å². The highest BCUT2D eigenvalue weighted by molar-refractivity contribution is 5.87. The Morgan fingerprint density at radius 2 is 1.74 bits per heavy atom. The van der Waals surface area contributed by atoms with Crippen molar-refractivity contribution in [2.45, 2.75) is 25.3 Å². The molecule has 4 aromatic rings. The Balaban J connectivity index is 1.50. The fourth-order valence-corrected chi connectivity index (χ4v) is 4.17. The van der Waals surface area contributed by atoms with Crippen molar-refractivity contribution in [3.05, 3.63) is 108 Å². The third-order valence-electron chi connectivity index (χ3n) is 5.94. The molecule has 2 aromatic carbocycles. The molecular formula is C28H27N5O2. The molecule has 7 nitrogen and oxygen atoms in total. The van der Waals surface area contributed by atoms with Crippen LogP contribution in [-0.4, -0.2) is 27.6 Å². The summed E-state index contributed by atoms with van der Waals surface area (Å²) in [6.07, 6.45) is 6.70. The molecule has 3 N–H and O–H groups in total. The van der Waals surface area contributed by atoms with Gasteiger partial charge < -0.3 is 20.5 Å². The molecule has 0 saturated heterocycles. The maximum absolute atomic E-state index is 6.88. The minimum atomic E-state index is -0.589. The number of hydrogen-bond donors (Lipinski definition) is 2. The summed E-state index contributed by atoms with van der Waals surface area (Å²) in [4.78, 5) is 13.3. The van der Waals surface area contributed by atoms with E-state index in [0.717, 1.165) is 22.5 Å². The highest BCUT2D eigenvalue weighted by Gasteiger charge is 2.30. The summed E-state index contributed by atoms with van der Waals surface area (Å²) in [6.45, 7) is 1.94. The van der Waals surface area contributed by atoms with Crippen LogP contribution in [0.3, 0.4) is 0 Å². The molecule has 7 heteroatoms. The Hall–Kier alpha value is -4.23. The van der Waals surface area contributed by atoms with Gasteiger partial charge in [-0.2, -0.15) is 0 Å². The lowest BCUT2D eigenvalue weighted by Gasteiger charge is -2.32. The van der Waals surface area contributed by atoms with Crippen LogP contribution in [0.25, 0.3) is 11.0 Å². The number of aromatic nitrogens is 3. The van der Waals surface area contributed by atoms with E-state index in [1.165, 1.54) is 11.9 Å². The van der Waals surface area contributed by atoms with E-state index < -0.39 is 5.54 Å². The first-order chi connectivity index (χ1) is 17.0. The molecule has 2 heterocycles. The van der Waals surface area contributed by atoms with Gasteiger partial charge in [0.2, 0.25) is 0 Å². The molecule has 1 aliphatic carbocycles. The normalized spacial score (nSPS) is 17.5. The highest BCUT2D eigenvalue weighted by atomic mass is 16.5. The zero-order valence-corrected chi connectivity index (χ0v) is 19.7. The highest BCUT2D eigenvalue weighted by Crippen LogP contribution is 2.32. The Kier molecular flexibility index (Phi) is 6.16. The van der Waals surface area contributed by atoms with Crippen LogP contribution < -0.4 is 20.5 Å². The number of allylic oxidation sites excluding steroid dienone is 1. The maximum Gasteiger partial charge on any atom is 0.164 e. The van der Waals surface area contributed by atoms with Crippen LogP contribution in [0.4, 0.5) is 5.82 Å². The number of pyridine rings is 1. The fourth-order valence-electron chi connectivity index (χ4n) is 4.17. The van der Waals surface area contributed by atoms with Crippen molar-refractivity contribution in [2.75, 3.05) is 12.4 Å². The first-order valence-electron chi connectivity index (χ1n) is 11.4. The molecule has 35 heavy (non-hydrogen) atoms. The molecule has 176 valence electrons. The second-order valence-corrected chi connectivity index (χ2v) is 8.70. The minimum absolute atomic E-state index is 0.536. The second kappa shape index (κ2) is 9.56. The number of ether oxygens (including phenoxy) is 2. The van der Waals surface area contributed by atoms with Crippen LogP contribution in [0, 0.1) is 6.92 Å². The van der Waals surface area contributed by atoms with Crippen molar-refractivity contribution in [1.29, 1.82) is 0 Å². The van der Waals surface area contributed by atoms with E-state index in [4.69, 9.17) is 15.2 Å². The Morgan fingerprint density at radius 3 is 2.51 bits per heavy atom. The summed E-state index contributed by atoms with van der Waals surface area (Å²) in [5.41, 5.74) is 9.83. The number of fused-ring (bicyclic) bond motifs is 1. The summed E-state index contributed by atoms with van der Waals surface area (Å²) in [7, 11) is 1.64. The van der Waals surface area contributed by atoms with E-state index in [1.54, 1.807) is 7.11 Å². The van der Waals surface area contributed by atoms with Gasteiger partial charge in [-0.25, -0.2) is 15.0 Å². The van der Waals surface area contributed by atoms with E-state index >= 15 is 0 Å². The van der Waals surface area contributed by atoms with Crippen molar-refractivity contribution >= 4 is 16.9 Å². The average molecular weight is 466 g/mol. The predicted molar refractivity (Wildman–Crippen MR) is 137 cm³/mol. The van der Waals surface area contributed by atoms with Gasteiger partial charge >= 0.3 is 0 Å². The van der Waals surface area contributed by atoms with Gasteiger partial charge in [0.25, 0.3) is 0 Å². The number of aryl methyl sites for hydroxylation is 1. The number of nitrogens with one attached hydrogen (secondary N) is 1. The number of nitrogens with zero attached hydrogens (tertiary/aromatic N) is 3. The lowest BCUT2D eigenvalue weighted by atomic mass is 9.84. The van der Waals surface area contributed by atoms with Crippen molar-refractivity contribution < 1.29 is 9.47 Å². The summed E-state index contributed by atoms with van der Waals surface area (Å²) < 4.78 is 11.5. The predicted octanol–water partition coefficient (Wildman–Crippen LogP) is 4.94. The zero-order chi connectivity index (χ0) is 24.3. The number of anilines is 1. The number of hydrogen-bond acceptors (Lipinski definition) is 7. The lowest BCUT2D eigenvalue weighted by molar-refractivity contribution is 0.403. The van der Waals surface area contributed by atoms with Crippen molar-refractivity contribution in [3.63, 3.8) is 0 Å². The SMILES string of the molecule is COc1ccc(OC2=C(Nc3ncnc4nc(C)ccc34)CC(N)(Cc3ccccc3)C=C2)cc1. The van der Waals surface area contributed by atoms with Gasteiger partial charge in [0.15, 0.2) is 5.65 Å². The average Bonchev–Trinajstić information content (AvgIpc) is 2.87. The Bertz CT molecular complexity index is 1400. The number of rotatable bonds is 7. The van der Waals surface area contributed by atoms with Gasteiger partial charge in [-0.1, -0.05) is 36.4 Å². The minimum Gasteiger partial charge on any atom is -0.497 e. The lowest BCUT2D eigenvalue weighted by Crippen LogP contribution is -2.43. The molecular weight excluding hydrogens is 438 g/mol. The van der Waals surface area contributed by atoms with Gasteiger partial charge in [-0.3, -0.25) is 0 Å². The van der Waals surface area contributed by atoms with E-state index in [0.29, 0.717) is 35.8 Å². The van der Waals surface area contributed by atoms with Gasteiger partial charge in [0.05, 0.1) is 18.2 Å². The van der Waals surface area contributed by atoms with Crippen molar-refractivity contribution in [1.82, 2.24) is 15.0 Å². The van der Waals surface area contributed by atoms with Crippen LogP contribution in [0.1, 0.15) is 17.7 Å². The first-order valence-corrected chi connectivity index (χ1v) is 11.4. The molecule has 0 saturated carbocycles. The standard InChI is InChI=1S/C28H27N5O2/c1-19-8-13-23-26(32-19)30-18-31-27(23)33-24-17-28(29,16-20-6-4-3-5-7-20)15-14-25(24)35-22-11-9-21(34-2)10-12-22/h3-15,18H,16-17,29H2,1-2H3,(H,30,31,32,33). The van der Waals surface area contributed by atoms with Crippen LogP contribution in [0.5, 0.6) is 11.5 Å². The van der Waals surface area contributed by atoms with E-state index in [1.807, 2.05) is 73.7 Å².